The van der Waals surface area contributed by atoms with Crippen LogP contribution in [0.25, 0.3) is 22.3 Å². The van der Waals surface area contributed by atoms with Gasteiger partial charge in [0.1, 0.15) is 30.7 Å². The number of ether oxygens (including phenoxy) is 2. The molecule has 0 fully saturated rings. The van der Waals surface area contributed by atoms with Crippen LogP contribution in [0.15, 0.2) is 54.9 Å². The van der Waals surface area contributed by atoms with Gasteiger partial charge in [-0.2, -0.15) is 5.10 Å². The summed E-state index contributed by atoms with van der Waals surface area (Å²) in [6, 6.07) is 11.3. The first-order chi connectivity index (χ1) is 17.1. The van der Waals surface area contributed by atoms with E-state index in [2.05, 4.69) is 25.8 Å². The molecule has 3 N–H and O–H groups in total. The number of carbonyl (C=O) groups is 1. The van der Waals surface area contributed by atoms with Crippen molar-refractivity contribution in [3.05, 3.63) is 54.9 Å². The lowest BCUT2D eigenvalue weighted by atomic mass is 10.1. The molecule has 182 valence electrons. The molecular weight excluding hydrogens is 458 g/mol. The number of hydrogen-bond acceptors (Lipinski definition) is 7. The van der Waals surface area contributed by atoms with Crippen molar-refractivity contribution in [1.82, 2.24) is 25.5 Å². The summed E-state index contributed by atoms with van der Waals surface area (Å²) in [5, 5.41) is 12.9. The Bertz CT molecular complexity index is 1280. The minimum absolute atomic E-state index is 0.383. The first-order valence-corrected chi connectivity index (χ1v) is 10.9. The summed E-state index contributed by atoms with van der Waals surface area (Å²) >= 11 is 0. The molecule has 2 aromatic carbocycles. The number of aromatic amines is 1. The number of fused-ring (bicyclic) bond motifs is 1. The van der Waals surface area contributed by atoms with Crippen LogP contribution in [-0.4, -0.2) is 58.7 Å². The molecular formula is C24H24F2N6O3. The van der Waals surface area contributed by atoms with E-state index in [4.69, 9.17) is 14.5 Å². The molecule has 2 aromatic heterocycles. The van der Waals surface area contributed by atoms with Gasteiger partial charge < -0.3 is 20.1 Å². The fourth-order valence-electron chi connectivity index (χ4n) is 3.31. The number of hydrogen-bond donors (Lipinski definition) is 3. The van der Waals surface area contributed by atoms with Crippen molar-refractivity contribution in [3.63, 3.8) is 0 Å². The summed E-state index contributed by atoms with van der Waals surface area (Å²) in [5.41, 5.74) is 2.07. The number of nitrogens with one attached hydrogen (secondary N) is 3. The van der Waals surface area contributed by atoms with E-state index in [1.165, 1.54) is 0 Å². The van der Waals surface area contributed by atoms with Crippen molar-refractivity contribution in [2.24, 2.45) is 0 Å². The highest BCUT2D eigenvalue weighted by Gasteiger charge is 2.14. The van der Waals surface area contributed by atoms with Crippen LogP contribution in [0.2, 0.25) is 0 Å². The largest absolute Gasteiger partial charge is 0.494 e. The van der Waals surface area contributed by atoms with Crippen LogP contribution in [0.1, 0.15) is 6.92 Å². The Kier molecular flexibility index (Phi) is 7.66. The van der Waals surface area contributed by atoms with Gasteiger partial charge in [0, 0.05) is 17.1 Å². The van der Waals surface area contributed by atoms with Gasteiger partial charge in [0.25, 0.3) is 5.91 Å². The Hall–Kier alpha value is -4.28. The Balaban J connectivity index is 1.61. The third-order valence-electron chi connectivity index (χ3n) is 4.94. The molecule has 35 heavy (non-hydrogen) atoms. The third-order valence-corrected chi connectivity index (χ3v) is 4.94. The van der Waals surface area contributed by atoms with E-state index < -0.39 is 25.3 Å². The third kappa shape index (κ3) is 5.99. The fourth-order valence-corrected chi connectivity index (χ4v) is 3.31. The van der Waals surface area contributed by atoms with E-state index in [9.17, 15) is 13.6 Å². The summed E-state index contributed by atoms with van der Waals surface area (Å²) in [6.07, 6.45) is 3.34. The zero-order chi connectivity index (χ0) is 24.6. The van der Waals surface area contributed by atoms with Crippen molar-refractivity contribution in [2.45, 2.75) is 13.0 Å². The molecule has 11 heteroatoms. The Morgan fingerprint density at radius 3 is 2.66 bits per heavy atom. The van der Waals surface area contributed by atoms with Gasteiger partial charge in [0.05, 0.1) is 30.0 Å². The average molecular weight is 482 g/mol. The molecule has 0 bridgehead atoms. The van der Waals surface area contributed by atoms with E-state index >= 15 is 0 Å². The monoisotopic (exact) mass is 482 g/mol. The molecule has 0 aliphatic heterocycles. The molecule has 0 radical (unpaired) electrons. The van der Waals surface area contributed by atoms with Gasteiger partial charge in [0.2, 0.25) is 0 Å². The van der Waals surface area contributed by atoms with Crippen LogP contribution < -0.4 is 20.1 Å². The fraction of sp³-hybridized carbons (Fsp3) is 0.250. The lowest BCUT2D eigenvalue weighted by Gasteiger charge is -2.13. The summed E-state index contributed by atoms with van der Waals surface area (Å²) in [4.78, 5) is 21.3. The van der Waals surface area contributed by atoms with Crippen LogP contribution in [-0.2, 0) is 4.79 Å². The standard InChI is InChI=1S/C24H24F2N6O3/c1-2-34-19-6-7-21-20(9-19)24(30-17-12-27-28-13-17)32-23(31-21)15-4-3-5-18(8-15)35-14-22(33)29-16(10-25)11-26/h3-9,12-13,16H,2,10-11,14H2,1H3,(H,27,28)(H,29,33)(H,30,31,32). The summed E-state index contributed by atoms with van der Waals surface area (Å²) in [5.74, 6) is 1.45. The summed E-state index contributed by atoms with van der Waals surface area (Å²) in [7, 11) is 0. The first kappa shape index (κ1) is 23.9. The number of amides is 1. The lowest BCUT2D eigenvalue weighted by Crippen LogP contribution is -2.40. The molecule has 0 spiro atoms. The maximum atomic E-state index is 12.6. The zero-order valence-electron chi connectivity index (χ0n) is 18.9. The molecule has 1 amide bonds. The van der Waals surface area contributed by atoms with Crippen molar-refractivity contribution in [1.29, 1.82) is 0 Å². The second-order valence-electron chi connectivity index (χ2n) is 7.51. The van der Waals surface area contributed by atoms with E-state index in [0.29, 0.717) is 40.8 Å². The second-order valence-corrected chi connectivity index (χ2v) is 7.51. The zero-order valence-corrected chi connectivity index (χ0v) is 18.9. The Morgan fingerprint density at radius 2 is 1.91 bits per heavy atom. The van der Waals surface area contributed by atoms with E-state index in [0.717, 1.165) is 11.1 Å². The number of rotatable bonds is 11. The van der Waals surface area contributed by atoms with Gasteiger partial charge in [-0.15, -0.1) is 0 Å². The van der Waals surface area contributed by atoms with E-state index in [1.807, 2.05) is 31.2 Å². The molecule has 2 heterocycles. The van der Waals surface area contributed by atoms with Crippen molar-refractivity contribution >= 4 is 28.3 Å². The second kappa shape index (κ2) is 11.2. The van der Waals surface area contributed by atoms with Gasteiger partial charge in [-0.25, -0.2) is 18.7 Å². The van der Waals surface area contributed by atoms with Gasteiger partial charge in [0.15, 0.2) is 12.4 Å². The van der Waals surface area contributed by atoms with Crippen molar-refractivity contribution in [2.75, 3.05) is 31.9 Å². The Morgan fingerprint density at radius 1 is 1.09 bits per heavy atom. The van der Waals surface area contributed by atoms with Crippen LogP contribution in [0.5, 0.6) is 11.5 Å². The molecule has 4 rings (SSSR count). The maximum Gasteiger partial charge on any atom is 0.258 e. The predicted octanol–water partition coefficient (Wildman–Crippen LogP) is 3.96. The number of benzene rings is 2. The Labute approximate surface area is 199 Å². The molecule has 0 unspecified atom stereocenters. The van der Waals surface area contributed by atoms with Gasteiger partial charge in [-0.3, -0.25) is 9.89 Å². The normalized spacial score (nSPS) is 11.0. The number of carbonyl (C=O) groups excluding carboxylic acids is 1. The average Bonchev–Trinajstić information content (AvgIpc) is 3.39. The number of halogens is 2. The maximum absolute atomic E-state index is 12.6. The van der Waals surface area contributed by atoms with Crippen LogP contribution >= 0.6 is 0 Å². The summed E-state index contributed by atoms with van der Waals surface area (Å²) in [6.45, 7) is 0.0815. The lowest BCUT2D eigenvalue weighted by molar-refractivity contribution is -0.124. The number of nitrogens with zero attached hydrogens (tertiary/aromatic N) is 3. The van der Waals surface area contributed by atoms with Crippen molar-refractivity contribution < 1.29 is 23.0 Å². The van der Waals surface area contributed by atoms with Crippen LogP contribution in [0, 0.1) is 0 Å². The number of aromatic nitrogens is 4. The summed E-state index contributed by atoms with van der Waals surface area (Å²) < 4.78 is 36.4. The quantitative estimate of drug-likeness (QED) is 0.296. The highest BCUT2D eigenvalue weighted by molar-refractivity contribution is 5.93. The molecule has 0 saturated heterocycles. The SMILES string of the molecule is CCOc1ccc2nc(-c3cccc(OCC(=O)NC(CF)CF)c3)nc(Nc3cn[nH]c3)c2c1. The minimum Gasteiger partial charge on any atom is -0.494 e. The smallest absolute Gasteiger partial charge is 0.258 e. The molecule has 0 saturated carbocycles. The molecule has 9 nitrogen and oxygen atoms in total. The highest BCUT2D eigenvalue weighted by atomic mass is 19.1. The highest BCUT2D eigenvalue weighted by Crippen LogP contribution is 2.31. The number of anilines is 2. The molecule has 0 atom stereocenters. The first-order valence-electron chi connectivity index (χ1n) is 10.9. The minimum atomic E-state index is -1.17. The van der Waals surface area contributed by atoms with Crippen LogP contribution in [0.4, 0.5) is 20.3 Å². The van der Waals surface area contributed by atoms with Gasteiger partial charge in [-0.1, -0.05) is 12.1 Å². The van der Waals surface area contributed by atoms with Crippen molar-refractivity contribution in [3.8, 4) is 22.9 Å². The molecule has 0 aliphatic rings. The van der Waals surface area contributed by atoms with E-state index in [-0.39, 0.29) is 6.61 Å². The predicted molar refractivity (Wildman–Crippen MR) is 127 cm³/mol. The topological polar surface area (TPSA) is 114 Å². The molecule has 0 aliphatic carbocycles. The van der Waals surface area contributed by atoms with Gasteiger partial charge in [-0.05, 0) is 37.3 Å². The number of alkyl halides is 2. The molecule has 4 aromatic rings. The van der Waals surface area contributed by atoms with E-state index in [1.54, 1.807) is 30.6 Å². The van der Waals surface area contributed by atoms with Gasteiger partial charge >= 0.3 is 0 Å². The number of H-pyrrole nitrogens is 1. The van der Waals surface area contributed by atoms with Crippen LogP contribution in [0.3, 0.4) is 0 Å².